The van der Waals surface area contributed by atoms with Gasteiger partial charge in [-0.25, -0.2) is 0 Å². The summed E-state index contributed by atoms with van der Waals surface area (Å²) in [6.45, 7) is -0.325. The summed E-state index contributed by atoms with van der Waals surface area (Å²) in [5.41, 5.74) is -0.348. The molecule has 0 bridgehead atoms. The summed E-state index contributed by atoms with van der Waals surface area (Å²) in [6.07, 6.45) is -9.48. The first kappa shape index (κ1) is 22.2. The maximum atomic E-state index is 13.3. The molecular formula is C20H18F6O4. The second-order valence-electron chi connectivity index (χ2n) is 6.55. The summed E-state index contributed by atoms with van der Waals surface area (Å²) < 4.78 is 97.4. The van der Waals surface area contributed by atoms with Crippen molar-refractivity contribution in [3.8, 4) is 22.6 Å². The molecule has 0 radical (unpaired) electrons. The van der Waals surface area contributed by atoms with Gasteiger partial charge in [0.15, 0.2) is 6.61 Å². The number of alkyl halides is 6. The smallest absolute Gasteiger partial charge is 0.422 e. The summed E-state index contributed by atoms with van der Waals surface area (Å²) >= 11 is 0. The molecule has 3 rings (SSSR count). The largest absolute Gasteiger partial charge is 0.491 e. The first-order chi connectivity index (χ1) is 14.1. The van der Waals surface area contributed by atoms with Gasteiger partial charge < -0.3 is 18.9 Å². The Bertz CT molecular complexity index is 827. The Kier molecular flexibility index (Phi) is 6.77. The van der Waals surface area contributed by atoms with Crippen molar-refractivity contribution < 1.29 is 45.3 Å². The lowest BCUT2D eigenvalue weighted by atomic mass is 10.0. The van der Waals surface area contributed by atoms with E-state index in [1.807, 2.05) is 0 Å². The minimum Gasteiger partial charge on any atom is -0.491 e. The van der Waals surface area contributed by atoms with Crippen molar-refractivity contribution >= 4 is 0 Å². The summed E-state index contributed by atoms with van der Waals surface area (Å²) in [5, 5.41) is 0. The highest BCUT2D eigenvalue weighted by molar-refractivity contribution is 5.67. The van der Waals surface area contributed by atoms with E-state index in [0.717, 1.165) is 12.1 Å². The molecule has 2 aromatic rings. The van der Waals surface area contributed by atoms with E-state index in [0.29, 0.717) is 18.8 Å². The van der Waals surface area contributed by atoms with Gasteiger partial charge in [-0.2, -0.15) is 26.3 Å². The quantitative estimate of drug-likeness (QED) is 0.590. The number of rotatable bonds is 6. The standard InChI is InChI=1S/C20H18F6O4/c21-19(22,23)12-30-16-3-1-13(2-4-16)14-7-15(20(24,25)26)9-17(8-14)29-11-18-10-27-5-6-28-18/h1-4,7-9,18H,5-6,10-12H2. The van der Waals surface area contributed by atoms with E-state index in [4.69, 9.17) is 14.2 Å². The third-order valence-electron chi connectivity index (χ3n) is 4.14. The van der Waals surface area contributed by atoms with Gasteiger partial charge in [-0.3, -0.25) is 0 Å². The average molecular weight is 436 g/mol. The van der Waals surface area contributed by atoms with Crippen molar-refractivity contribution in [2.24, 2.45) is 0 Å². The van der Waals surface area contributed by atoms with Gasteiger partial charge in [0, 0.05) is 0 Å². The first-order valence-corrected chi connectivity index (χ1v) is 8.94. The van der Waals surface area contributed by atoms with Crippen molar-refractivity contribution in [1.29, 1.82) is 0 Å². The zero-order chi connectivity index (χ0) is 21.8. The normalized spacial score (nSPS) is 17.6. The molecule has 0 aromatic heterocycles. The molecule has 0 N–H and O–H groups in total. The molecule has 1 aliphatic rings. The summed E-state index contributed by atoms with van der Waals surface area (Å²) in [7, 11) is 0. The van der Waals surface area contributed by atoms with Gasteiger partial charge >= 0.3 is 12.4 Å². The minimum absolute atomic E-state index is 0.00797. The van der Waals surface area contributed by atoms with Gasteiger partial charge in [0.1, 0.15) is 24.2 Å². The van der Waals surface area contributed by atoms with Crippen LogP contribution in [-0.2, 0) is 15.7 Å². The third-order valence-corrected chi connectivity index (χ3v) is 4.14. The van der Waals surface area contributed by atoms with Crippen LogP contribution in [0.1, 0.15) is 5.56 Å². The van der Waals surface area contributed by atoms with Crippen LogP contribution < -0.4 is 9.47 Å². The fraction of sp³-hybridized carbons (Fsp3) is 0.400. The molecule has 10 heteroatoms. The van der Waals surface area contributed by atoms with Crippen molar-refractivity contribution in [1.82, 2.24) is 0 Å². The van der Waals surface area contributed by atoms with E-state index in [2.05, 4.69) is 4.74 Å². The van der Waals surface area contributed by atoms with Gasteiger partial charge in [-0.1, -0.05) is 12.1 Å². The zero-order valence-electron chi connectivity index (χ0n) is 15.6. The highest BCUT2D eigenvalue weighted by Gasteiger charge is 2.32. The van der Waals surface area contributed by atoms with Crippen LogP contribution in [0, 0.1) is 0 Å². The maximum Gasteiger partial charge on any atom is 0.422 e. The van der Waals surface area contributed by atoms with Gasteiger partial charge in [0.05, 0.1) is 25.4 Å². The molecule has 164 valence electrons. The molecule has 0 saturated carbocycles. The van der Waals surface area contributed by atoms with Gasteiger partial charge in [-0.05, 0) is 41.5 Å². The summed E-state index contributed by atoms with van der Waals surface area (Å²) in [6, 6.07) is 8.52. The molecule has 0 spiro atoms. The molecule has 2 aromatic carbocycles. The second-order valence-corrected chi connectivity index (χ2v) is 6.55. The molecular weight excluding hydrogens is 418 g/mol. The van der Waals surface area contributed by atoms with Crippen LogP contribution in [0.3, 0.4) is 0 Å². The van der Waals surface area contributed by atoms with Crippen LogP contribution in [0.2, 0.25) is 0 Å². The van der Waals surface area contributed by atoms with E-state index in [9.17, 15) is 26.3 Å². The van der Waals surface area contributed by atoms with Crippen LogP contribution in [0.15, 0.2) is 42.5 Å². The van der Waals surface area contributed by atoms with Crippen LogP contribution in [-0.4, -0.2) is 45.3 Å². The number of benzene rings is 2. The topological polar surface area (TPSA) is 36.9 Å². The second kappa shape index (κ2) is 9.13. The SMILES string of the molecule is FC(F)(F)COc1ccc(-c2cc(OCC3COCCO3)cc(C(F)(F)F)c2)cc1. The van der Waals surface area contributed by atoms with Crippen LogP contribution in [0.4, 0.5) is 26.3 Å². The lowest BCUT2D eigenvalue weighted by Gasteiger charge is -2.23. The fourth-order valence-electron chi connectivity index (χ4n) is 2.74. The molecule has 1 heterocycles. The number of hydrogen-bond donors (Lipinski definition) is 0. The van der Waals surface area contributed by atoms with Crippen molar-refractivity contribution in [2.75, 3.05) is 33.0 Å². The molecule has 30 heavy (non-hydrogen) atoms. The molecule has 1 saturated heterocycles. The Morgan fingerprint density at radius 2 is 1.57 bits per heavy atom. The number of halogens is 6. The van der Waals surface area contributed by atoms with E-state index in [1.54, 1.807) is 0 Å². The Morgan fingerprint density at radius 1 is 0.833 bits per heavy atom. The highest BCUT2D eigenvalue weighted by Crippen LogP contribution is 2.36. The Hall–Kier alpha value is -2.46. The van der Waals surface area contributed by atoms with E-state index >= 15 is 0 Å². The van der Waals surface area contributed by atoms with Gasteiger partial charge in [0.25, 0.3) is 0 Å². The Balaban J connectivity index is 1.78. The monoisotopic (exact) mass is 436 g/mol. The van der Waals surface area contributed by atoms with Crippen LogP contribution >= 0.6 is 0 Å². The lowest BCUT2D eigenvalue weighted by Crippen LogP contribution is -2.33. The summed E-state index contributed by atoms with van der Waals surface area (Å²) in [4.78, 5) is 0. The average Bonchev–Trinajstić information content (AvgIpc) is 2.70. The van der Waals surface area contributed by atoms with Crippen molar-refractivity contribution in [2.45, 2.75) is 18.5 Å². The highest BCUT2D eigenvalue weighted by atomic mass is 19.4. The predicted octanol–water partition coefficient (Wildman–Crippen LogP) is 5.11. The molecule has 1 fully saturated rings. The lowest BCUT2D eigenvalue weighted by molar-refractivity contribution is -0.153. The number of ether oxygens (including phenoxy) is 4. The molecule has 0 amide bonds. The van der Waals surface area contributed by atoms with Crippen molar-refractivity contribution in [3.05, 3.63) is 48.0 Å². The van der Waals surface area contributed by atoms with Gasteiger partial charge in [-0.15, -0.1) is 0 Å². The Morgan fingerprint density at radius 3 is 2.17 bits per heavy atom. The maximum absolute atomic E-state index is 13.3. The third kappa shape index (κ3) is 6.53. The van der Waals surface area contributed by atoms with Crippen LogP contribution in [0.25, 0.3) is 11.1 Å². The van der Waals surface area contributed by atoms with E-state index in [-0.39, 0.29) is 36.4 Å². The summed E-state index contributed by atoms with van der Waals surface area (Å²) in [5.74, 6) is -0.0552. The van der Waals surface area contributed by atoms with Crippen LogP contribution in [0.5, 0.6) is 11.5 Å². The molecule has 0 aliphatic carbocycles. The minimum atomic E-state index is -4.60. The zero-order valence-corrected chi connectivity index (χ0v) is 15.6. The molecule has 4 nitrogen and oxygen atoms in total. The predicted molar refractivity (Wildman–Crippen MR) is 94.5 cm³/mol. The van der Waals surface area contributed by atoms with Crippen molar-refractivity contribution in [3.63, 3.8) is 0 Å². The Labute approximate surface area is 168 Å². The van der Waals surface area contributed by atoms with E-state index in [1.165, 1.54) is 30.3 Å². The fourth-order valence-corrected chi connectivity index (χ4v) is 2.74. The first-order valence-electron chi connectivity index (χ1n) is 8.94. The number of hydrogen-bond acceptors (Lipinski definition) is 4. The van der Waals surface area contributed by atoms with Gasteiger partial charge in [0.2, 0.25) is 0 Å². The molecule has 1 unspecified atom stereocenters. The van der Waals surface area contributed by atoms with E-state index < -0.39 is 24.5 Å². The molecule has 1 aliphatic heterocycles. The molecule has 1 atom stereocenters.